The molecule has 1 atom stereocenters. The van der Waals surface area contributed by atoms with Crippen molar-refractivity contribution in [3.63, 3.8) is 0 Å². The highest BCUT2D eigenvalue weighted by Crippen LogP contribution is 2.21. The van der Waals surface area contributed by atoms with Gasteiger partial charge in [0, 0.05) is 29.6 Å². The van der Waals surface area contributed by atoms with Gasteiger partial charge >= 0.3 is 11.8 Å². The number of rotatable bonds is 4. The molecule has 0 radical (unpaired) electrons. The summed E-state index contributed by atoms with van der Waals surface area (Å²) in [6.07, 6.45) is 3.96. The molecule has 0 aliphatic carbocycles. The standard InChI is InChI=1S/C21H25N3O2/c1-2-19-10-6-7-15-24(19)21(26)20(25)23-18-13-11-17(12-14-18)22-16-8-4-3-5-9-16/h3-5,8-9,11-14,19,22H,2,6-7,10,15H2,1H3,(H,23,25). The number of nitrogens with one attached hydrogen (secondary N) is 2. The highest BCUT2D eigenvalue weighted by molar-refractivity contribution is 6.39. The quantitative estimate of drug-likeness (QED) is 0.813. The molecular weight excluding hydrogens is 326 g/mol. The van der Waals surface area contributed by atoms with Crippen LogP contribution in [-0.2, 0) is 9.59 Å². The number of carbonyl (C=O) groups excluding carboxylic acids is 2. The molecule has 26 heavy (non-hydrogen) atoms. The average Bonchev–Trinajstić information content (AvgIpc) is 2.69. The normalized spacial score (nSPS) is 16.8. The van der Waals surface area contributed by atoms with Gasteiger partial charge in [-0.1, -0.05) is 25.1 Å². The second-order valence-corrected chi connectivity index (χ2v) is 6.58. The van der Waals surface area contributed by atoms with E-state index in [2.05, 4.69) is 17.6 Å². The Morgan fingerprint density at radius 1 is 0.962 bits per heavy atom. The van der Waals surface area contributed by atoms with Crippen LogP contribution in [-0.4, -0.2) is 29.3 Å². The second-order valence-electron chi connectivity index (χ2n) is 6.58. The number of para-hydroxylation sites is 1. The molecule has 1 unspecified atom stereocenters. The smallest absolute Gasteiger partial charge is 0.313 e. The fourth-order valence-corrected chi connectivity index (χ4v) is 3.33. The Kier molecular flexibility index (Phi) is 5.89. The first-order valence-corrected chi connectivity index (χ1v) is 9.21. The van der Waals surface area contributed by atoms with Crippen molar-refractivity contribution in [2.75, 3.05) is 17.2 Å². The van der Waals surface area contributed by atoms with E-state index < -0.39 is 11.8 Å². The molecule has 0 aromatic heterocycles. The molecule has 0 saturated carbocycles. The Hall–Kier alpha value is -2.82. The molecule has 3 rings (SSSR count). The van der Waals surface area contributed by atoms with Gasteiger partial charge in [0.15, 0.2) is 0 Å². The van der Waals surface area contributed by atoms with Gasteiger partial charge in [-0.15, -0.1) is 0 Å². The predicted octanol–water partition coefficient (Wildman–Crippen LogP) is 4.16. The Balaban J connectivity index is 1.59. The fourth-order valence-electron chi connectivity index (χ4n) is 3.33. The first kappa shape index (κ1) is 18.0. The van der Waals surface area contributed by atoms with Gasteiger partial charge in [-0.25, -0.2) is 0 Å². The summed E-state index contributed by atoms with van der Waals surface area (Å²) in [6.45, 7) is 2.73. The van der Waals surface area contributed by atoms with Crippen molar-refractivity contribution in [2.45, 2.75) is 38.6 Å². The molecule has 5 heteroatoms. The molecule has 5 nitrogen and oxygen atoms in total. The van der Waals surface area contributed by atoms with E-state index in [-0.39, 0.29) is 6.04 Å². The van der Waals surface area contributed by atoms with Gasteiger partial charge in [0.05, 0.1) is 0 Å². The average molecular weight is 351 g/mol. The summed E-state index contributed by atoms with van der Waals surface area (Å²) < 4.78 is 0. The van der Waals surface area contributed by atoms with Gasteiger partial charge in [0.2, 0.25) is 0 Å². The maximum atomic E-state index is 12.5. The molecular formula is C21H25N3O2. The molecule has 2 amide bonds. The minimum Gasteiger partial charge on any atom is -0.356 e. The van der Waals surface area contributed by atoms with Crippen LogP contribution in [0.25, 0.3) is 0 Å². The number of hydrogen-bond acceptors (Lipinski definition) is 3. The number of nitrogens with zero attached hydrogens (tertiary/aromatic N) is 1. The third-order valence-electron chi connectivity index (χ3n) is 4.76. The van der Waals surface area contributed by atoms with Gasteiger partial charge in [-0.2, -0.15) is 0 Å². The van der Waals surface area contributed by atoms with E-state index in [1.54, 1.807) is 17.0 Å². The van der Waals surface area contributed by atoms with E-state index in [0.717, 1.165) is 37.1 Å². The van der Waals surface area contributed by atoms with Crippen molar-refractivity contribution in [3.8, 4) is 0 Å². The molecule has 1 aliphatic rings. The third kappa shape index (κ3) is 4.42. The fraction of sp³-hybridized carbons (Fsp3) is 0.333. The number of amides is 2. The Bertz CT molecular complexity index is 744. The van der Waals surface area contributed by atoms with Crippen LogP contribution in [0.15, 0.2) is 54.6 Å². The van der Waals surface area contributed by atoms with Crippen LogP contribution < -0.4 is 10.6 Å². The molecule has 1 heterocycles. The number of anilines is 3. The van der Waals surface area contributed by atoms with Crippen molar-refractivity contribution < 1.29 is 9.59 Å². The van der Waals surface area contributed by atoms with E-state index in [1.807, 2.05) is 42.5 Å². The SMILES string of the molecule is CCC1CCCCN1C(=O)C(=O)Nc1ccc(Nc2ccccc2)cc1. The predicted molar refractivity (Wildman–Crippen MR) is 104 cm³/mol. The summed E-state index contributed by atoms with van der Waals surface area (Å²) in [5.41, 5.74) is 2.53. The highest BCUT2D eigenvalue weighted by atomic mass is 16.2. The molecule has 136 valence electrons. The molecule has 2 aromatic carbocycles. The Morgan fingerprint density at radius 3 is 2.31 bits per heavy atom. The van der Waals surface area contributed by atoms with Crippen molar-refractivity contribution in [1.29, 1.82) is 0 Å². The van der Waals surface area contributed by atoms with E-state index in [4.69, 9.17) is 0 Å². The van der Waals surface area contributed by atoms with Crippen molar-refractivity contribution in [3.05, 3.63) is 54.6 Å². The minimum absolute atomic E-state index is 0.180. The van der Waals surface area contributed by atoms with Crippen LogP contribution in [0, 0.1) is 0 Å². The van der Waals surface area contributed by atoms with Gasteiger partial charge in [-0.05, 0) is 62.1 Å². The second kappa shape index (κ2) is 8.52. The number of hydrogen-bond donors (Lipinski definition) is 2. The number of piperidine rings is 1. The zero-order valence-corrected chi connectivity index (χ0v) is 15.1. The largest absolute Gasteiger partial charge is 0.356 e. The third-order valence-corrected chi connectivity index (χ3v) is 4.76. The summed E-state index contributed by atoms with van der Waals surface area (Å²) >= 11 is 0. The minimum atomic E-state index is -0.561. The lowest BCUT2D eigenvalue weighted by Crippen LogP contribution is -2.48. The Labute approximate surface area is 154 Å². The van der Waals surface area contributed by atoms with Crippen molar-refractivity contribution in [1.82, 2.24) is 4.90 Å². The van der Waals surface area contributed by atoms with Crippen LogP contribution in [0.3, 0.4) is 0 Å². The molecule has 2 N–H and O–H groups in total. The van der Waals surface area contributed by atoms with Crippen LogP contribution in [0.1, 0.15) is 32.6 Å². The van der Waals surface area contributed by atoms with E-state index in [1.165, 1.54) is 0 Å². The number of benzene rings is 2. The van der Waals surface area contributed by atoms with E-state index in [9.17, 15) is 9.59 Å². The molecule has 2 aromatic rings. The molecule has 0 spiro atoms. The first-order chi connectivity index (χ1) is 12.7. The van der Waals surface area contributed by atoms with E-state index >= 15 is 0 Å². The first-order valence-electron chi connectivity index (χ1n) is 9.21. The topological polar surface area (TPSA) is 61.4 Å². The molecule has 1 saturated heterocycles. The summed E-state index contributed by atoms with van der Waals surface area (Å²) in [5, 5.41) is 6.00. The van der Waals surface area contributed by atoms with Crippen molar-refractivity contribution in [2.24, 2.45) is 0 Å². The summed E-state index contributed by atoms with van der Waals surface area (Å²) in [4.78, 5) is 26.5. The summed E-state index contributed by atoms with van der Waals surface area (Å²) in [7, 11) is 0. The molecule has 1 fully saturated rings. The van der Waals surface area contributed by atoms with Crippen LogP contribution in [0.4, 0.5) is 17.1 Å². The zero-order valence-electron chi connectivity index (χ0n) is 15.1. The summed E-state index contributed by atoms with van der Waals surface area (Å²) in [6, 6.07) is 17.4. The summed E-state index contributed by atoms with van der Waals surface area (Å²) in [5.74, 6) is -0.989. The lowest BCUT2D eigenvalue weighted by molar-refractivity contribution is -0.145. The maximum absolute atomic E-state index is 12.5. The molecule has 0 bridgehead atoms. The van der Waals surface area contributed by atoms with Crippen molar-refractivity contribution >= 4 is 28.9 Å². The number of likely N-dealkylation sites (tertiary alicyclic amines) is 1. The number of carbonyl (C=O) groups is 2. The Morgan fingerprint density at radius 2 is 1.62 bits per heavy atom. The van der Waals surface area contributed by atoms with Crippen LogP contribution in [0.2, 0.25) is 0 Å². The lowest BCUT2D eigenvalue weighted by atomic mass is 10.00. The van der Waals surface area contributed by atoms with Gasteiger partial charge in [-0.3, -0.25) is 9.59 Å². The lowest BCUT2D eigenvalue weighted by Gasteiger charge is -2.34. The van der Waals surface area contributed by atoms with Crippen LogP contribution >= 0.6 is 0 Å². The zero-order chi connectivity index (χ0) is 18.4. The van der Waals surface area contributed by atoms with Gasteiger partial charge in [0.1, 0.15) is 0 Å². The highest BCUT2D eigenvalue weighted by Gasteiger charge is 2.29. The van der Waals surface area contributed by atoms with Crippen LogP contribution in [0.5, 0.6) is 0 Å². The van der Waals surface area contributed by atoms with Gasteiger partial charge in [0.25, 0.3) is 0 Å². The monoisotopic (exact) mass is 351 g/mol. The van der Waals surface area contributed by atoms with E-state index in [0.29, 0.717) is 12.2 Å². The molecule has 1 aliphatic heterocycles. The maximum Gasteiger partial charge on any atom is 0.313 e. The van der Waals surface area contributed by atoms with Gasteiger partial charge < -0.3 is 15.5 Å².